The monoisotopic (exact) mass is 340 g/mol. The van der Waals surface area contributed by atoms with Crippen molar-refractivity contribution in [1.82, 2.24) is 10.2 Å². The van der Waals surface area contributed by atoms with Crippen LogP contribution in [0.5, 0.6) is 0 Å². The lowest BCUT2D eigenvalue weighted by atomic mass is 10.1. The highest BCUT2D eigenvalue weighted by Gasteiger charge is 2.13. The van der Waals surface area contributed by atoms with Crippen LogP contribution in [0, 0.1) is 0 Å². The molecule has 0 saturated carbocycles. The number of carbonyl (C=O) groups excluding carboxylic acids is 2. The van der Waals surface area contributed by atoms with Crippen molar-refractivity contribution in [1.29, 1.82) is 0 Å². The van der Waals surface area contributed by atoms with E-state index < -0.39 is 0 Å². The van der Waals surface area contributed by atoms with E-state index in [1.807, 2.05) is 0 Å². The van der Waals surface area contributed by atoms with Gasteiger partial charge in [0, 0.05) is 20.1 Å². The summed E-state index contributed by atoms with van der Waals surface area (Å²) in [6, 6.07) is 0. The predicted molar refractivity (Wildman–Crippen MR) is 102 cm³/mol. The fourth-order valence-corrected chi connectivity index (χ4v) is 2.72. The van der Waals surface area contributed by atoms with Crippen molar-refractivity contribution < 1.29 is 9.59 Å². The van der Waals surface area contributed by atoms with E-state index in [-0.39, 0.29) is 18.2 Å². The van der Waals surface area contributed by atoms with Gasteiger partial charge in [-0.05, 0) is 12.8 Å². The molecule has 0 aromatic heterocycles. The van der Waals surface area contributed by atoms with Gasteiger partial charge in [-0.15, -0.1) is 0 Å². The maximum absolute atomic E-state index is 12.0. The van der Waals surface area contributed by atoms with E-state index in [9.17, 15) is 9.59 Å². The van der Waals surface area contributed by atoms with Crippen molar-refractivity contribution in [3.63, 3.8) is 0 Å². The van der Waals surface area contributed by atoms with Crippen LogP contribution in [-0.2, 0) is 9.59 Å². The molecule has 0 atom stereocenters. The zero-order valence-corrected chi connectivity index (χ0v) is 16.4. The lowest BCUT2D eigenvalue weighted by Gasteiger charge is -2.17. The van der Waals surface area contributed by atoms with Crippen LogP contribution in [0.15, 0.2) is 0 Å². The van der Waals surface area contributed by atoms with Crippen LogP contribution in [0.3, 0.4) is 0 Å². The Balaban J connectivity index is 3.57. The summed E-state index contributed by atoms with van der Waals surface area (Å²) >= 11 is 0. The number of hydrogen-bond donors (Lipinski definition) is 1. The molecule has 4 heteroatoms. The predicted octanol–water partition coefficient (Wildman–Crippen LogP) is 4.67. The molecule has 24 heavy (non-hydrogen) atoms. The Morgan fingerprint density at radius 1 is 0.750 bits per heavy atom. The third-order valence-corrected chi connectivity index (χ3v) is 4.44. The number of nitrogens with zero attached hydrogens (tertiary/aromatic N) is 1. The van der Waals surface area contributed by atoms with Crippen LogP contribution in [0.4, 0.5) is 0 Å². The van der Waals surface area contributed by atoms with Crippen LogP contribution >= 0.6 is 0 Å². The van der Waals surface area contributed by atoms with Gasteiger partial charge in [0.05, 0.1) is 0 Å². The first kappa shape index (κ1) is 22.9. The lowest BCUT2D eigenvalue weighted by molar-refractivity contribution is -0.135. The Bertz CT molecular complexity index is 319. The van der Waals surface area contributed by atoms with Crippen LogP contribution in [0.2, 0.25) is 0 Å². The third-order valence-electron chi connectivity index (χ3n) is 4.44. The molecular formula is C20H40N2O2. The van der Waals surface area contributed by atoms with E-state index in [0.717, 1.165) is 25.8 Å². The minimum atomic E-state index is -0.136. The minimum Gasteiger partial charge on any atom is -0.356 e. The quantitative estimate of drug-likeness (QED) is 0.328. The first-order chi connectivity index (χ1) is 11.6. The van der Waals surface area contributed by atoms with Crippen molar-refractivity contribution in [2.75, 3.05) is 20.1 Å². The fourth-order valence-electron chi connectivity index (χ4n) is 2.72. The first-order valence-corrected chi connectivity index (χ1v) is 10.1. The SMILES string of the molecule is CCCCCCCCNC(=O)CC(=O)N(C)CCCCCCCC. The van der Waals surface area contributed by atoms with Crippen LogP contribution in [-0.4, -0.2) is 36.9 Å². The lowest BCUT2D eigenvalue weighted by Crippen LogP contribution is -2.34. The van der Waals surface area contributed by atoms with Gasteiger partial charge in [-0.2, -0.15) is 0 Å². The Labute approximate surface area is 149 Å². The van der Waals surface area contributed by atoms with Crippen LogP contribution < -0.4 is 5.32 Å². The zero-order valence-electron chi connectivity index (χ0n) is 16.4. The van der Waals surface area contributed by atoms with Gasteiger partial charge in [0.1, 0.15) is 6.42 Å². The number of unbranched alkanes of at least 4 members (excludes halogenated alkanes) is 10. The third kappa shape index (κ3) is 14.5. The smallest absolute Gasteiger partial charge is 0.231 e. The Hall–Kier alpha value is -1.06. The summed E-state index contributed by atoms with van der Waals surface area (Å²) in [5.74, 6) is -0.202. The maximum Gasteiger partial charge on any atom is 0.231 e. The summed E-state index contributed by atoms with van der Waals surface area (Å²) in [7, 11) is 1.80. The molecule has 0 aromatic rings. The van der Waals surface area contributed by atoms with Gasteiger partial charge >= 0.3 is 0 Å². The molecule has 0 bridgehead atoms. The summed E-state index contributed by atoms with van der Waals surface area (Å²) in [5, 5.41) is 2.86. The number of nitrogens with one attached hydrogen (secondary N) is 1. The standard InChI is InChI=1S/C20H40N2O2/c1-4-6-8-10-12-14-16-21-19(23)18-20(24)22(3)17-15-13-11-9-7-5-2/h4-18H2,1-3H3,(H,21,23). The number of carbonyl (C=O) groups is 2. The molecule has 0 spiro atoms. The van der Waals surface area contributed by atoms with Crippen molar-refractivity contribution in [3.8, 4) is 0 Å². The molecule has 0 aliphatic rings. The summed E-state index contributed by atoms with van der Waals surface area (Å²) in [5.41, 5.74) is 0. The molecule has 0 rings (SSSR count). The molecule has 0 aliphatic heterocycles. The van der Waals surface area contributed by atoms with Crippen LogP contribution in [0.1, 0.15) is 97.3 Å². The average molecular weight is 341 g/mol. The van der Waals surface area contributed by atoms with Gasteiger partial charge in [-0.25, -0.2) is 0 Å². The molecule has 0 saturated heterocycles. The normalized spacial score (nSPS) is 10.6. The molecule has 2 amide bonds. The molecular weight excluding hydrogens is 300 g/mol. The topological polar surface area (TPSA) is 49.4 Å². The molecule has 0 aliphatic carbocycles. The second-order valence-electron chi connectivity index (χ2n) is 6.88. The zero-order chi connectivity index (χ0) is 18.0. The Morgan fingerprint density at radius 3 is 1.83 bits per heavy atom. The Morgan fingerprint density at radius 2 is 1.25 bits per heavy atom. The minimum absolute atomic E-state index is 0.0117. The summed E-state index contributed by atoms with van der Waals surface area (Å²) < 4.78 is 0. The molecule has 0 radical (unpaired) electrons. The second kappa shape index (κ2) is 16.8. The van der Waals surface area contributed by atoms with E-state index in [4.69, 9.17) is 0 Å². The van der Waals surface area contributed by atoms with E-state index in [1.54, 1.807) is 11.9 Å². The van der Waals surface area contributed by atoms with Gasteiger partial charge in [0.2, 0.25) is 11.8 Å². The van der Waals surface area contributed by atoms with Gasteiger partial charge in [-0.3, -0.25) is 9.59 Å². The molecule has 4 nitrogen and oxygen atoms in total. The van der Waals surface area contributed by atoms with E-state index in [2.05, 4.69) is 19.2 Å². The summed E-state index contributed by atoms with van der Waals surface area (Å²) in [6.07, 6.45) is 14.5. The van der Waals surface area contributed by atoms with Crippen molar-refractivity contribution >= 4 is 11.8 Å². The number of amides is 2. The van der Waals surface area contributed by atoms with E-state index >= 15 is 0 Å². The maximum atomic E-state index is 12.0. The Kier molecular flexibility index (Phi) is 16.0. The molecule has 1 N–H and O–H groups in total. The van der Waals surface area contributed by atoms with Crippen LogP contribution in [0.25, 0.3) is 0 Å². The molecule has 0 aromatic carbocycles. The summed E-state index contributed by atoms with van der Waals surface area (Å²) in [4.78, 5) is 25.5. The average Bonchev–Trinajstić information content (AvgIpc) is 2.56. The highest BCUT2D eigenvalue weighted by atomic mass is 16.2. The molecule has 0 fully saturated rings. The van der Waals surface area contributed by atoms with Gasteiger partial charge in [0.25, 0.3) is 0 Å². The van der Waals surface area contributed by atoms with Crippen molar-refractivity contribution in [2.24, 2.45) is 0 Å². The highest BCUT2D eigenvalue weighted by molar-refractivity contribution is 5.96. The largest absolute Gasteiger partial charge is 0.356 e. The van der Waals surface area contributed by atoms with E-state index in [1.165, 1.54) is 57.8 Å². The van der Waals surface area contributed by atoms with Crippen molar-refractivity contribution in [3.05, 3.63) is 0 Å². The van der Waals surface area contributed by atoms with Crippen molar-refractivity contribution in [2.45, 2.75) is 97.3 Å². The summed E-state index contributed by atoms with van der Waals surface area (Å²) in [6.45, 7) is 5.87. The van der Waals surface area contributed by atoms with Gasteiger partial charge in [-0.1, -0.05) is 78.1 Å². The molecule has 0 unspecified atom stereocenters. The first-order valence-electron chi connectivity index (χ1n) is 10.1. The fraction of sp³-hybridized carbons (Fsp3) is 0.900. The number of hydrogen-bond acceptors (Lipinski definition) is 2. The van der Waals surface area contributed by atoms with E-state index in [0.29, 0.717) is 6.54 Å². The van der Waals surface area contributed by atoms with Gasteiger partial charge < -0.3 is 10.2 Å². The number of rotatable bonds is 16. The molecule has 142 valence electrons. The van der Waals surface area contributed by atoms with Gasteiger partial charge in [0.15, 0.2) is 0 Å². The molecule has 0 heterocycles. The second-order valence-corrected chi connectivity index (χ2v) is 6.88. The highest BCUT2D eigenvalue weighted by Crippen LogP contribution is 2.06.